The minimum absolute atomic E-state index is 0.555. The zero-order valence-electron chi connectivity index (χ0n) is 12.8. The van der Waals surface area contributed by atoms with Crippen LogP contribution in [0.4, 0.5) is 0 Å². The van der Waals surface area contributed by atoms with Gasteiger partial charge in [-0.3, -0.25) is 4.90 Å². The van der Waals surface area contributed by atoms with Crippen molar-refractivity contribution in [1.82, 2.24) is 15.2 Å². The molecule has 0 aliphatic carbocycles. The Kier molecular flexibility index (Phi) is 5.13. The number of halogens is 1. The lowest BCUT2D eigenvalue weighted by Gasteiger charge is -2.33. The second kappa shape index (κ2) is 7.08. The number of aromatic nitrogens is 1. The molecule has 1 atom stereocenters. The van der Waals surface area contributed by atoms with Gasteiger partial charge in [0, 0.05) is 42.1 Å². The van der Waals surface area contributed by atoms with Crippen molar-refractivity contribution in [2.75, 3.05) is 26.7 Å². The number of benzene rings is 1. The zero-order valence-corrected chi connectivity index (χ0v) is 15.2. The first-order valence-corrected chi connectivity index (χ1v) is 9.07. The molecule has 1 fully saturated rings. The summed E-state index contributed by atoms with van der Waals surface area (Å²) in [5.74, 6) is 0.861. The van der Waals surface area contributed by atoms with Gasteiger partial charge < -0.3 is 10.1 Å². The molecule has 4 nitrogen and oxygen atoms in total. The summed E-state index contributed by atoms with van der Waals surface area (Å²) in [7, 11) is 1.70. The van der Waals surface area contributed by atoms with Gasteiger partial charge in [0.05, 0.1) is 18.4 Å². The topological polar surface area (TPSA) is 37.4 Å². The second-order valence-electron chi connectivity index (χ2n) is 5.51. The van der Waals surface area contributed by atoms with Gasteiger partial charge in [-0.15, -0.1) is 11.3 Å². The number of piperazine rings is 1. The maximum absolute atomic E-state index is 5.46. The van der Waals surface area contributed by atoms with Crippen LogP contribution in [0.2, 0.25) is 0 Å². The van der Waals surface area contributed by atoms with Gasteiger partial charge in [0.25, 0.3) is 0 Å². The lowest BCUT2D eigenvalue weighted by Crippen LogP contribution is -2.49. The van der Waals surface area contributed by atoms with Gasteiger partial charge >= 0.3 is 0 Å². The van der Waals surface area contributed by atoms with Crippen LogP contribution in [-0.4, -0.2) is 42.7 Å². The fourth-order valence-corrected chi connectivity index (χ4v) is 3.87. The van der Waals surface area contributed by atoms with Crippen molar-refractivity contribution in [1.29, 1.82) is 0 Å². The first-order chi connectivity index (χ1) is 10.7. The van der Waals surface area contributed by atoms with Gasteiger partial charge in [-0.25, -0.2) is 4.98 Å². The minimum atomic E-state index is 0.555. The van der Waals surface area contributed by atoms with Crippen molar-refractivity contribution in [2.45, 2.75) is 19.5 Å². The number of thiazole rings is 1. The van der Waals surface area contributed by atoms with Gasteiger partial charge in [-0.05, 0) is 25.1 Å². The maximum Gasteiger partial charge on any atom is 0.129 e. The quantitative estimate of drug-likeness (QED) is 0.880. The van der Waals surface area contributed by atoms with Crippen molar-refractivity contribution in [3.05, 3.63) is 33.7 Å². The molecule has 1 aliphatic heterocycles. The molecule has 0 radical (unpaired) electrons. The van der Waals surface area contributed by atoms with Crippen LogP contribution in [0.1, 0.15) is 12.6 Å². The van der Waals surface area contributed by atoms with E-state index in [0.717, 1.165) is 52.7 Å². The van der Waals surface area contributed by atoms with Gasteiger partial charge in [-0.2, -0.15) is 0 Å². The third-order valence-corrected chi connectivity index (χ3v) is 5.37. The lowest BCUT2D eigenvalue weighted by atomic mass is 10.2. The molecule has 0 bridgehead atoms. The highest BCUT2D eigenvalue weighted by atomic mass is 79.9. The molecular formula is C16H20BrN3OS. The highest BCUT2D eigenvalue weighted by Gasteiger charge is 2.19. The number of hydrogen-bond donors (Lipinski definition) is 1. The highest BCUT2D eigenvalue weighted by molar-refractivity contribution is 9.10. The zero-order chi connectivity index (χ0) is 15.5. The molecule has 1 saturated heterocycles. The van der Waals surface area contributed by atoms with E-state index < -0.39 is 0 Å². The van der Waals surface area contributed by atoms with Crippen LogP contribution in [0.5, 0.6) is 5.75 Å². The molecule has 6 heteroatoms. The van der Waals surface area contributed by atoms with Gasteiger partial charge in [-0.1, -0.05) is 15.9 Å². The molecule has 2 aromatic rings. The number of nitrogens with one attached hydrogen (secondary N) is 1. The molecule has 0 amide bonds. The van der Waals surface area contributed by atoms with Crippen LogP contribution in [0.15, 0.2) is 28.1 Å². The normalized spacial score (nSPS) is 19.3. The standard InChI is InChI=1S/C16H20BrN3OS/c1-11-8-18-5-6-20(11)9-13-10-22-16(19-13)14-7-12(17)3-4-15(14)21-2/h3-4,7,10-11,18H,5-6,8-9H2,1-2H3/t11-/m1/s1. The maximum atomic E-state index is 5.46. The van der Waals surface area contributed by atoms with Crippen LogP contribution >= 0.6 is 27.3 Å². The first kappa shape index (κ1) is 15.9. The van der Waals surface area contributed by atoms with Crippen LogP contribution < -0.4 is 10.1 Å². The Morgan fingerprint density at radius 1 is 1.50 bits per heavy atom. The third kappa shape index (κ3) is 3.51. The van der Waals surface area contributed by atoms with E-state index in [-0.39, 0.29) is 0 Å². The summed E-state index contributed by atoms with van der Waals surface area (Å²) < 4.78 is 6.50. The van der Waals surface area contributed by atoms with E-state index in [1.807, 2.05) is 12.1 Å². The summed E-state index contributed by atoms with van der Waals surface area (Å²) >= 11 is 5.20. The smallest absolute Gasteiger partial charge is 0.129 e. The summed E-state index contributed by atoms with van der Waals surface area (Å²) in [6, 6.07) is 6.58. The van der Waals surface area contributed by atoms with Gasteiger partial charge in [0.2, 0.25) is 0 Å². The Morgan fingerprint density at radius 2 is 2.36 bits per heavy atom. The van der Waals surface area contributed by atoms with E-state index in [1.165, 1.54) is 0 Å². The molecule has 1 aromatic carbocycles. The van der Waals surface area contributed by atoms with E-state index >= 15 is 0 Å². The van der Waals surface area contributed by atoms with Gasteiger partial charge in [0.15, 0.2) is 0 Å². The van der Waals surface area contributed by atoms with Crippen LogP contribution in [-0.2, 0) is 6.54 Å². The van der Waals surface area contributed by atoms with Crippen molar-refractivity contribution in [3.8, 4) is 16.3 Å². The van der Waals surface area contributed by atoms with Crippen molar-refractivity contribution < 1.29 is 4.74 Å². The molecule has 1 aliphatic rings. The van der Waals surface area contributed by atoms with E-state index in [1.54, 1.807) is 18.4 Å². The monoisotopic (exact) mass is 381 g/mol. The summed E-state index contributed by atoms with van der Waals surface area (Å²) in [5, 5.41) is 6.59. The first-order valence-electron chi connectivity index (χ1n) is 7.40. The number of hydrogen-bond acceptors (Lipinski definition) is 5. The number of rotatable bonds is 4. The fourth-order valence-electron chi connectivity index (χ4n) is 2.68. The summed E-state index contributed by atoms with van der Waals surface area (Å²) in [5.41, 5.74) is 2.18. The molecule has 2 heterocycles. The van der Waals surface area contributed by atoms with Crippen molar-refractivity contribution in [3.63, 3.8) is 0 Å². The molecule has 0 saturated carbocycles. The third-order valence-electron chi connectivity index (χ3n) is 3.95. The SMILES string of the molecule is COc1ccc(Br)cc1-c1nc(CN2CCNC[C@H]2C)cs1. The van der Waals surface area contributed by atoms with Gasteiger partial charge in [0.1, 0.15) is 10.8 Å². The van der Waals surface area contributed by atoms with Crippen molar-refractivity contribution in [2.24, 2.45) is 0 Å². The predicted octanol–water partition coefficient (Wildman–Crippen LogP) is 3.37. The summed E-state index contributed by atoms with van der Waals surface area (Å²) in [6.45, 7) is 6.36. The molecule has 0 spiro atoms. The van der Waals surface area contributed by atoms with Crippen molar-refractivity contribution >= 4 is 27.3 Å². The fraction of sp³-hybridized carbons (Fsp3) is 0.438. The number of methoxy groups -OCH3 is 1. The van der Waals surface area contributed by atoms with Crippen LogP contribution in [0.3, 0.4) is 0 Å². The number of ether oxygens (including phenoxy) is 1. The van der Waals surface area contributed by atoms with E-state index in [2.05, 4.69) is 44.5 Å². The summed E-state index contributed by atoms with van der Waals surface area (Å²) in [6.07, 6.45) is 0. The number of nitrogens with zero attached hydrogens (tertiary/aromatic N) is 2. The summed E-state index contributed by atoms with van der Waals surface area (Å²) in [4.78, 5) is 7.29. The Morgan fingerprint density at radius 3 is 3.14 bits per heavy atom. The Bertz CT molecular complexity index is 646. The second-order valence-corrected chi connectivity index (χ2v) is 7.29. The lowest BCUT2D eigenvalue weighted by molar-refractivity contribution is 0.164. The van der Waals surface area contributed by atoms with Crippen LogP contribution in [0, 0.1) is 0 Å². The molecule has 118 valence electrons. The predicted molar refractivity (Wildman–Crippen MR) is 94.5 cm³/mol. The van der Waals surface area contributed by atoms with Crippen LogP contribution in [0.25, 0.3) is 10.6 Å². The molecule has 0 unspecified atom stereocenters. The molecule has 1 aromatic heterocycles. The molecule has 3 rings (SSSR count). The molecule has 22 heavy (non-hydrogen) atoms. The Hall–Kier alpha value is -0.950. The Labute approximate surface area is 143 Å². The molecular weight excluding hydrogens is 362 g/mol. The van der Waals surface area contributed by atoms with E-state index in [9.17, 15) is 0 Å². The minimum Gasteiger partial charge on any atom is -0.496 e. The largest absolute Gasteiger partial charge is 0.496 e. The highest BCUT2D eigenvalue weighted by Crippen LogP contribution is 2.34. The Balaban J connectivity index is 1.80. The van der Waals surface area contributed by atoms with E-state index in [4.69, 9.17) is 9.72 Å². The van der Waals surface area contributed by atoms with E-state index in [0.29, 0.717) is 6.04 Å². The average molecular weight is 382 g/mol. The average Bonchev–Trinajstić information content (AvgIpc) is 2.98. The molecule has 1 N–H and O–H groups in total.